The molecule has 0 radical (unpaired) electrons. The summed E-state index contributed by atoms with van der Waals surface area (Å²) < 4.78 is 37.9. The number of fused-ring (bicyclic) bond motifs is 3. The molecule has 0 saturated carbocycles. The maximum atomic E-state index is 6.49. The molecule has 164 valence electrons. The maximum absolute atomic E-state index is 6.49. The standard InChI is InChI=1S/C24H23B3O6/c1-4-10-18(11-5-1)25-28-16-21-23(32-25)24-22(31-27(30-21)20-14-8-3-9-15-20)17-29-26(33-24)19-12-6-2-7-13-19/h1-15,21-24H,16-17H2. The van der Waals surface area contributed by atoms with E-state index in [1.54, 1.807) is 0 Å². The van der Waals surface area contributed by atoms with Crippen molar-refractivity contribution in [3.05, 3.63) is 91.0 Å². The molecule has 0 spiro atoms. The van der Waals surface area contributed by atoms with Gasteiger partial charge in [-0.05, 0) is 16.4 Å². The zero-order chi connectivity index (χ0) is 22.0. The van der Waals surface area contributed by atoms with Crippen molar-refractivity contribution in [2.45, 2.75) is 24.4 Å². The summed E-state index contributed by atoms with van der Waals surface area (Å²) in [4.78, 5) is 0. The van der Waals surface area contributed by atoms with Gasteiger partial charge in [0.05, 0.1) is 37.6 Å². The summed E-state index contributed by atoms with van der Waals surface area (Å²) in [7, 11) is -1.55. The first-order valence-corrected chi connectivity index (χ1v) is 11.3. The Hall–Kier alpha value is -2.39. The van der Waals surface area contributed by atoms with Crippen LogP contribution in [0.4, 0.5) is 0 Å². The Labute approximate surface area is 194 Å². The fraction of sp³-hybridized carbons (Fsp3) is 0.250. The summed E-state index contributed by atoms with van der Waals surface area (Å²) in [5, 5.41) is 0. The lowest BCUT2D eigenvalue weighted by Gasteiger charge is -2.42. The Bertz CT molecular complexity index is 978. The first-order chi connectivity index (χ1) is 16.3. The van der Waals surface area contributed by atoms with Crippen LogP contribution in [0.1, 0.15) is 0 Å². The minimum Gasteiger partial charge on any atom is -0.405 e. The highest BCUT2D eigenvalue weighted by molar-refractivity contribution is 6.63. The molecule has 4 unspecified atom stereocenters. The largest absolute Gasteiger partial charge is 0.494 e. The maximum Gasteiger partial charge on any atom is 0.494 e. The predicted octanol–water partition coefficient (Wildman–Crippen LogP) is 0.787. The van der Waals surface area contributed by atoms with Gasteiger partial charge in [0.1, 0.15) is 0 Å². The minimum atomic E-state index is -0.561. The van der Waals surface area contributed by atoms with Gasteiger partial charge in [0.25, 0.3) is 0 Å². The third-order valence-corrected chi connectivity index (χ3v) is 6.25. The topological polar surface area (TPSA) is 55.4 Å². The molecule has 3 saturated heterocycles. The van der Waals surface area contributed by atoms with Gasteiger partial charge in [-0.1, -0.05) is 91.0 Å². The minimum absolute atomic E-state index is 0.348. The Kier molecular flexibility index (Phi) is 6.07. The highest BCUT2D eigenvalue weighted by Crippen LogP contribution is 2.30. The van der Waals surface area contributed by atoms with E-state index in [1.807, 2.05) is 91.0 Å². The molecule has 9 heteroatoms. The highest BCUT2D eigenvalue weighted by atomic mass is 16.7. The van der Waals surface area contributed by atoms with Crippen LogP contribution < -0.4 is 16.4 Å². The molecular weight excluding hydrogens is 417 g/mol. The van der Waals surface area contributed by atoms with Crippen molar-refractivity contribution in [3.63, 3.8) is 0 Å². The van der Waals surface area contributed by atoms with Gasteiger partial charge in [-0.3, -0.25) is 0 Å². The van der Waals surface area contributed by atoms with Gasteiger partial charge >= 0.3 is 21.4 Å². The van der Waals surface area contributed by atoms with Gasteiger partial charge in [0, 0.05) is 0 Å². The van der Waals surface area contributed by atoms with Crippen LogP contribution >= 0.6 is 0 Å². The smallest absolute Gasteiger partial charge is 0.405 e. The molecule has 3 aliphatic rings. The molecule has 33 heavy (non-hydrogen) atoms. The molecule has 6 rings (SSSR count). The van der Waals surface area contributed by atoms with Crippen molar-refractivity contribution < 1.29 is 27.9 Å². The second-order valence-electron chi connectivity index (χ2n) is 8.44. The Balaban J connectivity index is 1.31. The third-order valence-electron chi connectivity index (χ3n) is 6.25. The molecule has 3 aromatic carbocycles. The van der Waals surface area contributed by atoms with E-state index in [-0.39, 0.29) is 24.4 Å². The van der Waals surface area contributed by atoms with Crippen LogP contribution in [0, 0.1) is 0 Å². The fourth-order valence-electron chi connectivity index (χ4n) is 4.59. The summed E-state index contributed by atoms with van der Waals surface area (Å²) in [5.74, 6) is 0. The zero-order valence-corrected chi connectivity index (χ0v) is 18.1. The average Bonchev–Trinajstić information content (AvgIpc) is 3.06. The average molecular weight is 440 g/mol. The van der Waals surface area contributed by atoms with E-state index in [0.29, 0.717) is 13.2 Å². The molecular formula is C24H23B3O6. The van der Waals surface area contributed by atoms with Crippen molar-refractivity contribution >= 4 is 37.7 Å². The van der Waals surface area contributed by atoms with Gasteiger partial charge in [-0.2, -0.15) is 0 Å². The molecule has 0 bridgehead atoms. The molecule has 3 heterocycles. The zero-order valence-electron chi connectivity index (χ0n) is 18.1. The van der Waals surface area contributed by atoms with Gasteiger partial charge in [-0.15, -0.1) is 0 Å². The number of benzene rings is 3. The van der Waals surface area contributed by atoms with E-state index in [4.69, 9.17) is 27.9 Å². The third kappa shape index (κ3) is 4.40. The van der Waals surface area contributed by atoms with E-state index >= 15 is 0 Å². The van der Waals surface area contributed by atoms with Crippen molar-refractivity contribution in [2.75, 3.05) is 13.2 Å². The first-order valence-electron chi connectivity index (χ1n) is 11.3. The molecule has 0 aliphatic carbocycles. The van der Waals surface area contributed by atoms with Crippen LogP contribution in [-0.4, -0.2) is 59.0 Å². The lowest BCUT2D eigenvalue weighted by molar-refractivity contribution is -0.112. The summed E-state index contributed by atoms with van der Waals surface area (Å²) >= 11 is 0. The van der Waals surface area contributed by atoms with Gasteiger partial charge < -0.3 is 27.9 Å². The fourth-order valence-corrected chi connectivity index (χ4v) is 4.59. The predicted molar refractivity (Wildman–Crippen MR) is 127 cm³/mol. The van der Waals surface area contributed by atoms with Crippen molar-refractivity contribution in [1.82, 2.24) is 0 Å². The number of hydrogen-bond acceptors (Lipinski definition) is 6. The number of rotatable bonds is 3. The lowest BCUT2D eigenvalue weighted by Crippen LogP contribution is -2.62. The van der Waals surface area contributed by atoms with Crippen LogP contribution in [0.25, 0.3) is 0 Å². The quantitative estimate of drug-likeness (QED) is 0.562. The lowest BCUT2D eigenvalue weighted by atomic mass is 9.75. The Morgan fingerprint density at radius 1 is 0.455 bits per heavy atom. The summed E-state index contributed by atoms with van der Waals surface area (Å²) in [6.07, 6.45) is -1.45. The van der Waals surface area contributed by atoms with E-state index in [9.17, 15) is 0 Å². The Morgan fingerprint density at radius 2 is 0.818 bits per heavy atom. The summed E-state index contributed by atoms with van der Waals surface area (Å²) in [5.41, 5.74) is 2.86. The van der Waals surface area contributed by atoms with Crippen molar-refractivity contribution in [1.29, 1.82) is 0 Å². The second-order valence-corrected chi connectivity index (χ2v) is 8.44. The molecule has 0 aromatic heterocycles. The Morgan fingerprint density at radius 3 is 1.21 bits per heavy atom. The van der Waals surface area contributed by atoms with Crippen molar-refractivity contribution in [3.8, 4) is 0 Å². The van der Waals surface area contributed by atoms with Gasteiger partial charge in [-0.25, -0.2) is 0 Å². The van der Waals surface area contributed by atoms with Crippen molar-refractivity contribution in [2.24, 2.45) is 0 Å². The SMILES string of the molecule is c1ccc(B2OC3COB(c4ccccc4)OC3C3OB(c4ccccc4)OCC3O2)cc1. The first kappa shape index (κ1) is 21.2. The molecule has 6 nitrogen and oxygen atoms in total. The van der Waals surface area contributed by atoms with Crippen LogP contribution in [0.15, 0.2) is 91.0 Å². The molecule has 3 aromatic rings. The van der Waals surface area contributed by atoms with E-state index in [2.05, 4.69) is 0 Å². The van der Waals surface area contributed by atoms with E-state index in [1.165, 1.54) is 0 Å². The highest BCUT2D eigenvalue weighted by Gasteiger charge is 2.52. The van der Waals surface area contributed by atoms with Gasteiger partial charge in [0.15, 0.2) is 0 Å². The molecule has 0 N–H and O–H groups in total. The second kappa shape index (κ2) is 9.47. The van der Waals surface area contributed by atoms with E-state index < -0.39 is 21.4 Å². The molecule has 3 aliphatic heterocycles. The van der Waals surface area contributed by atoms with Crippen LogP contribution in [0.2, 0.25) is 0 Å². The van der Waals surface area contributed by atoms with Crippen LogP contribution in [-0.2, 0) is 27.9 Å². The van der Waals surface area contributed by atoms with E-state index in [0.717, 1.165) is 16.4 Å². The summed E-state index contributed by atoms with van der Waals surface area (Å²) in [6, 6.07) is 29.8. The van der Waals surface area contributed by atoms with Crippen LogP contribution in [0.5, 0.6) is 0 Å². The normalized spacial score (nSPS) is 27.5. The summed E-state index contributed by atoms with van der Waals surface area (Å²) in [6.45, 7) is 0.751. The number of hydrogen-bond donors (Lipinski definition) is 0. The molecule has 0 amide bonds. The van der Waals surface area contributed by atoms with Crippen LogP contribution in [0.3, 0.4) is 0 Å². The monoisotopic (exact) mass is 440 g/mol. The van der Waals surface area contributed by atoms with Gasteiger partial charge in [0.2, 0.25) is 0 Å². The molecule has 4 atom stereocenters. The molecule has 3 fully saturated rings.